The first kappa shape index (κ1) is 13.1. The molecule has 0 aromatic heterocycles. The van der Waals surface area contributed by atoms with E-state index >= 15 is 0 Å². The van der Waals surface area contributed by atoms with Gasteiger partial charge in [0.1, 0.15) is 0 Å². The fourth-order valence-corrected chi connectivity index (χ4v) is 2.48. The molecule has 2 N–H and O–H groups in total. The zero-order chi connectivity index (χ0) is 13.3. The Morgan fingerprint density at radius 3 is 2.72 bits per heavy atom. The minimum atomic E-state index is -0.497. The molecule has 1 aromatic carbocycles. The highest BCUT2D eigenvalue weighted by Gasteiger charge is 2.24. The highest BCUT2D eigenvalue weighted by molar-refractivity contribution is 6.00. The van der Waals surface area contributed by atoms with E-state index in [1.54, 1.807) is 0 Å². The van der Waals surface area contributed by atoms with E-state index in [0.717, 1.165) is 29.7 Å². The quantitative estimate of drug-likeness (QED) is 0.859. The Hall–Kier alpha value is -1.35. The molecule has 3 heteroatoms. The lowest BCUT2D eigenvalue weighted by atomic mass is 9.94. The zero-order valence-electron chi connectivity index (χ0n) is 11.3. The Labute approximate surface area is 108 Å². The number of fused-ring (bicyclic) bond motifs is 1. The van der Waals surface area contributed by atoms with Crippen molar-refractivity contribution in [3.05, 3.63) is 28.8 Å². The molecule has 2 rings (SSSR count). The summed E-state index contributed by atoms with van der Waals surface area (Å²) in [6.45, 7) is 6.27. The van der Waals surface area contributed by atoms with E-state index in [9.17, 15) is 9.90 Å². The Morgan fingerprint density at radius 2 is 2.11 bits per heavy atom. The molecule has 0 saturated heterocycles. The molecular weight excluding hydrogens is 226 g/mol. The summed E-state index contributed by atoms with van der Waals surface area (Å²) in [6, 6.07) is 4.09. The van der Waals surface area contributed by atoms with Gasteiger partial charge >= 0.3 is 0 Å². The minimum Gasteiger partial charge on any atom is -0.388 e. The molecule has 1 unspecified atom stereocenters. The molecule has 0 fully saturated rings. The standard InChI is InChI=1S/C15H21NO2/c1-4-10-6-11-8-14(18)16-15(11)12(7-10)13(17)5-9(2)3/h6-7,9,13,17H,4-5,8H2,1-3H3,(H,16,18). The van der Waals surface area contributed by atoms with Gasteiger partial charge in [0.25, 0.3) is 0 Å². The number of amides is 1. The predicted octanol–water partition coefficient (Wildman–Crippen LogP) is 2.82. The van der Waals surface area contributed by atoms with Gasteiger partial charge in [0.15, 0.2) is 0 Å². The number of aryl methyl sites for hydroxylation is 1. The molecule has 1 aromatic rings. The van der Waals surface area contributed by atoms with Crippen molar-refractivity contribution >= 4 is 11.6 Å². The van der Waals surface area contributed by atoms with Crippen LogP contribution in [0.15, 0.2) is 12.1 Å². The lowest BCUT2D eigenvalue weighted by molar-refractivity contribution is -0.115. The van der Waals surface area contributed by atoms with Crippen LogP contribution < -0.4 is 5.32 Å². The van der Waals surface area contributed by atoms with Gasteiger partial charge in [0.05, 0.1) is 18.2 Å². The predicted molar refractivity (Wildman–Crippen MR) is 72.6 cm³/mol. The van der Waals surface area contributed by atoms with Gasteiger partial charge in [-0.2, -0.15) is 0 Å². The first-order valence-corrected chi connectivity index (χ1v) is 6.64. The van der Waals surface area contributed by atoms with Gasteiger partial charge in [-0.15, -0.1) is 0 Å². The fraction of sp³-hybridized carbons (Fsp3) is 0.533. The van der Waals surface area contributed by atoms with E-state index in [4.69, 9.17) is 0 Å². The van der Waals surface area contributed by atoms with Gasteiger partial charge in [0, 0.05) is 5.56 Å². The largest absolute Gasteiger partial charge is 0.388 e. The van der Waals surface area contributed by atoms with E-state index in [-0.39, 0.29) is 5.91 Å². The lowest BCUT2D eigenvalue weighted by Gasteiger charge is -2.18. The number of nitrogens with one attached hydrogen (secondary N) is 1. The zero-order valence-corrected chi connectivity index (χ0v) is 11.3. The number of hydrogen-bond acceptors (Lipinski definition) is 2. The van der Waals surface area contributed by atoms with Crippen molar-refractivity contribution in [3.8, 4) is 0 Å². The van der Waals surface area contributed by atoms with Crippen LogP contribution in [0, 0.1) is 5.92 Å². The smallest absolute Gasteiger partial charge is 0.228 e. The normalized spacial score (nSPS) is 15.7. The number of benzene rings is 1. The molecule has 1 amide bonds. The monoisotopic (exact) mass is 247 g/mol. The second-order valence-electron chi connectivity index (χ2n) is 5.44. The van der Waals surface area contributed by atoms with Gasteiger partial charge in [0.2, 0.25) is 5.91 Å². The summed E-state index contributed by atoms with van der Waals surface area (Å²) < 4.78 is 0. The van der Waals surface area contributed by atoms with Crippen molar-refractivity contribution in [1.82, 2.24) is 0 Å². The van der Waals surface area contributed by atoms with Crippen LogP contribution in [0.3, 0.4) is 0 Å². The summed E-state index contributed by atoms with van der Waals surface area (Å²) in [4.78, 5) is 11.5. The topological polar surface area (TPSA) is 49.3 Å². The highest BCUT2D eigenvalue weighted by Crippen LogP contribution is 2.35. The van der Waals surface area contributed by atoms with Crippen molar-refractivity contribution in [1.29, 1.82) is 0 Å². The van der Waals surface area contributed by atoms with E-state index in [0.29, 0.717) is 12.3 Å². The van der Waals surface area contributed by atoms with Crippen LogP contribution >= 0.6 is 0 Å². The van der Waals surface area contributed by atoms with E-state index in [1.807, 2.05) is 6.07 Å². The van der Waals surface area contributed by atoms with Crippen molar-refractivity contribution in [3.63, 3.8) is 0 Å². The molecule has 1 aliphatic heterocycles. The minimum absolute atomic E-state index is 0.0243. The highest BCUT2D eigenvalue weighted by atomic mass is 16.3. The maximum Gasteiger partial charge on any atom is 0.228 e. The molecule has 0 bridgehead atoms. The molecule has 1 heterocycles. The van der Waals surface area contributed by atoms with Crippen LogP contribution in [0.1, 0.15) is 50.0 Å². The van der Waals surface area contributed by atoms with Crippen LogP contribution in [0.4, 0.5) is 5.69 Å². The summed E-state index contributed by atoms with van der Waals surface area (Å²) in [5.41, 5.74) is 3.93. The first-order valence-electron chi connectivity index (χ1n) is 6.64. The number of carbonyl (C=O) groups is 1. The van der Waals surface area contributed by atoms with E-state index < -0.39 is 6.10 Å². The molecule has 0 radical (unpaired) electrons. The molecule has 0 spiro atoms. The van der Waals surface area contributed by atoms with Crippen LogP contribution in [-0.2, 0) is 17.6 Å². The summed E-state index contributed by atoms with van der Waals surface area (Å²) in [7, 11) is 0. The molecule has 0 aliphatic carbocycles. The fourth-order valence-electron chi connectivity index (χ4n) is 2.48. The summed E-state index contributed by atoms with van der Waals surface area (Å²) in [5, 5.41) is 13.2. The SMILES string of the molecule is CCc1cc2c(c(C(O)CC(C)C)c1)NC(=O)C2. The van der Waals surface area contributed by atoms with Crippen molar-refractivity contribution < 1.29 is 9.90 Å². The Morgan fingerprint density at radius 1 is 1.39 bits per heavy atom. The Bertz CT molecular complexity index is 466. The lowest BCUT2D eigenvalue weighted by Crippen LogP contribution is -2.08. The molecule has 0 saturated carbocycles. The van der Waals surface area contributed by atoms with E-state index in [1.165, 1.54) is 5.56 Å². The molecule has 98 valence electrons. The van der Waals surface area contributed by atoms with E-state index in [2.05, 4.69) is 32.2 Å². The maximum absolute atomic E-state index is 11.5. The molecule has 3 nitrogen and oxygen atoms in total. The number of anilines is 1. The van der Waals surface area contributed by atoms with Crippen LogP contribution in [-0.4, -0.2) is 11.0 Å². The number of aliphatic hydroxyl groups excluding tert-OH is 1. The molecule has 18 heavy (non-hydrogen) atoms. The average molecular weight is 247 g/mol. The molecule has 1 aliphatic rings. The maximum atomic E-state index is 11.5. The second-order valence-corrected chi connectivity index (χ2v) is 5.44. The summed E-state index contributed by atoms with van der Waals surface area (Å²) in [6.07, 6.45) is 1.58. The number of carbonyl (C=O) groups excluding carboxylic acids is 1. The third-order valence-electron chi connectivity index (χ3n) is 3.39. The van der Waals surface area contributed by atoms with Crippen LogP contribution in [0.5, 0.6) is 0 Å². The third-order valence-corrected chi connectivity index (χ3v) is 3.39. The van der Waals surface area contributed by atoms with Gasteiger partial charge < -0.3 is 10.4 Å². The third kappa shape index (κ3) is 2.56. The van der Waals surface area contributed by atoms with Crippen molar-refractivity contribution in [2.45, 2.75) is 46.1 Å². The van der Waals surface area contributed by atoms with Gasteiger partial charge in [-0.3, -0.25) is 4.79 Å². The first-order chi connectivity index (χ1) is 8.51. The van der Waals surface area contributed by atoms with Gasteiger partial charge in [-0.1, -0.05) is 32.9 Å². The number of rotatable bonds is 4. The second kappa shape index (κ2) is 5.11. The Balaban J connectivity index is 2.40. The molecule has 1 atom stereocenters. The van der Waals surface area contributed by atoms with Crippen molar-refractivity contribution in [2.75, 3.05) is 5.32 Å². The molecular formula is C15H21NO2. The number of hydrogen-bond donors (Lipinski definition) is 2. The van der Waals surface area contributed by atoms with Crippen LogP contribution in [0.2, 0.25) is 0 Å². The summed E-state index contributed by atoms with van der Waals surface area (Å²) >= 11 is 0. The summed E-state index contributed by atoms with van der Waals surface area (Å²) in [5.74, 6) is 0.453. The Kier molecular flexibility index (Phi) is 3.71. The van der Waals surface area contributed by atoms with Crippen molar-refractivity contribution in [2.24, 2.45) is 5.92 Å². The number of aliphatic hydroxyl groups is 1. The van der Waals surface area contributed by atoms with Crippen LogP contribution in [0.25, 0.3) is 0 Å². The van der Waals surface area contributed by atoms with Gasteiger partial charge in [-0.25, -0.2) is 0 Å². The average Bonchev–Trinajstić information content (AvgIpc) is 2.66. The van der Waals surface area contributed by atoms with Gasteiger partial charge in [-0.05, 0) is 29.9 Å².